The van der Waals surface area contributed by atoms with Gasteiger partial charge in [0.15, 0.2) is 0 Å². The number of thioether (sulfide) groups is 1. The van der Waals surface area contributed by atoms with Crippen LogP contribution in [0.1, 0.15) is 35.8 Å². The number of aromatic nitrogens is 2. The third-order valence-electron chi connectivity index (χ3n) is 2.86. The zero-order chi connectivity index (χ0) is 14.5. The van der Waals surface area contributed by atoms with Crippen LogP contribution in [0.4, 0.5) is 0 Å². The van der Waals surface area contributed by atoms with E-state index in [0.717, 1.165) is 18.7 Å². The van der Waals surface area contributed by atoms with Crippen LogP contribution in [-0.4, -0.2) is 28.2 Å². The maximum absolute atomic E-state index is 11.5. The molecule has 1 saturated carbocycles. The number of terminal acetylenes is 1. The zero-order valence-electron chi connectivity index (χ0n) is 11.1. The number of rotatable bonds is 5. The predicted molar refractivity (Wildman–Crippen MR) is 76.0 cm³/mol. The van der Waals surface area contributed by atoms with Crippen LogP contribution in [0.5, 0.6) is 0 Å². The number of carbonyl (C=O) groups is 1. The molecule has 1 aromatic rings. The molecule has 1 amide bonds. The molecule has 0 aromatic carbocycles. The Bertz CT molecular complexity index is 611. The summed E-state index contributed by atoms with van der Waals surface area (Å²) in [7, 11) is 0. The summed E-state index contributed by atoms with van der Waals surface area (Å²) < 4.78 is 0. The van der Waals surface area contributed by atoms with Crippen molar-refractivity contribution in [2.45, 2.75) is 30.7 Å². The summed E-state index contributed by atoms with van der Waals surface area (Å²) in [5.41, 5.74) is 1.13. The minimum Gasteiger partial charge on any atom is -0.344 e. The van der Waals surface area contributed by atoms with Gasteiger partial charge in [-0.3, -0.25) is 4.79 Å². The van der Waals surface area contributed by atoms with Crippen molar-refractivity contribution in [3.63, 3.8) is 0 Å². The molecule has 0 radical (unpaired) electrons. The van der Waals surface area contributed by atoms with Crippen LogP contribution in [0, 0.1) is 30.6 Å². The molecular formula is C14H14N4OS. The Labute approximate surface area is 122 Å². The van der Waals surface area contributed by atoms with Gasteiger partial charge >= 0.3 is 0 Å². The summed E-state index contributed by atoms with van der Waals surface area (Å²) in [5, 5.41) is 12.3. The number of hydrogen-bond acceptors (Lipinski definition) is 5. The van der Waals surface area contributed by atoms with Gasteiger partial charge in [0.2, 0.25) is 5.91 Å². The third kappa shape index (κ3) is 3.49. The molecule has 2 rings (SSSR count). The molecule has 0 atom stereocenters. The summed E-state index contributed by atoms with van der Waals surface area (Å²) in [6.45, 7) is 2.01. The second kappa shape index (κ2) is 6.40. The van der Waals surface area contributed by atoms with E-state index in [0.29, 0.717) is 22.2 Å². The predicted octanol–water partition coefficient (Wildman–Crippen LogP) is 1.38. The van der Waals surface area contributed by atoms with Gasteiger partial charge in [-0.2, -0.15) is 5.26 Å². The lowest BCUT2D eigenvalue weighted by Gasteiger charge is -2.07. The molecular weight excluding hydrogens is 272 g/mol. The maximum atomic E-state index is 11.5. The van der Waals surface area contributed by atoms with Crippen LogP contribution in [0.15, 0.2) is 5.03 Å². The normalized spacial score (nSPS) is 13.3. The number of hydrogen-bond donors (Lipinski definition) is 1. The molecule has 6 heteroatoms. The zero-order valence-corrected chi connectivity index (χ0v) is 12.0. The van der Waals surface area contributed by atoms with Crippen LogP contribution in [0.3, 0.4) is 0 Å². The molecule has 1 N–H and O–H groups in total. The van der Waals surface area contributed by atoms with Crippen molar-refractivity contribution in [1.29, 1.82) is 5.26 Å². The van der Waals surface area contributed by atoms with Crippen molar-refractivity contribution in [3.05, 3.63) is 17.1 Å². The molecule has 0 aliphatic heterocycles. The standard InChI is InChI=1S/C14H14N4OS/c1-3-6-16-12(19)8-20-14-11(7-15)9(2)17-13(18-14)10-4-5-10/h1,10H,4-6,8H2,2H3,(H,16,19). The van der Waals surface area contributed by atoms with Gasteiger partial charge in [0.05, 0.1) is 18.0 Å². The Morgan fingerprint density at radius 3 is 2.90 bits per heavy atom. The Kier molecular flexibility index (Phi) is 4.60. The second-order valence-corrected chi connectivity index (χ2v) is 5.47. The van der Waals surface area contributed by atoms with Gasteiger partial charge in [-0.15, -0.1) is 6.42 Å². The minimum absolute atomic E-state index is 0.166. The van der Waals surface area contributed by atoms with E-state index in [1.54, 1.807) is 6.92 Å². The quantitative estimate of drug-likeness (QED) is 0.502. The largest absolute Gasteiger partial charge is 0.344 e. The average Bonchev–Trinajstić information content (AvgIpc) is 3.26. The van der Waals surface area contributed by atoms with Gasteiger partial charge in [-0.1, -0.05) is 17.7 Å². The highest BCUT2D eigenvalue weighted by Crippen LogP contribution is 2.39. The lowest BCUT2D eigenvalue weighted by Crippen LogP contribution is -2.25. The summed E-state index contributed by atoms with van der Waals surface area (Å²) in [6.07, 6.45) is 7.27. The Balaban J connectivity index is 2.11. The van der Waals surface area contributed by atoms with E-state index in [1.165, 1.54) is 11.8 Å². The van der Waals surface area contributed by atoms with Crippen LogP contribution >= 0.6 is 11.8 Å². The maximum Gasteiger partial charge on any atom is 0.231 e. The highest BCUT2D eigenvalue weighted by Gasteiger charge is 2.28. The average molecular weight is 286 g/mol. The minimum atomic E-state index is -0.166. The highest BCUT2D eigenvalue weighted by atomic mass is 32.2. The van der Waals surface area contributed by atoms with E-state index in [2.05, 4.69) is 27.3 Å². The van der Waals surface area contributed by atoms with Crippen LogP contribution in [0.25, 0.3) is 0 Å². The molecule has 20 heavy (non-hydrogen) atoms. The smallest absolute Gasteiger partial charge is 0.231 e. The van der Waals surface area contributed by atoms with Crippen molar-refractivity contribution in [3.8, 4) is 18.4 Å². The number of carbonyl (C=O) groups excluding carboxylic acids is 1. The van der Waals surface area contributed by atoms with E-state index in [-0.39, 0.29) is 18.2 Å². The fourth-order valence-corrected chi connectivity index (χ4v) is 2.52. The van der Waals surface area contributed by atoms with Crippen molar-refractivity contribution in [2.75, 3.05) is 12.3 Å². The lowest BCUT2D eigenvalue weighted by molar-refractivity contribution is -0.118. The van der Waals surface area contributed by atoms with Gasteiger partial charge < -0.3 is 5.32 Å². The Morgan fingerprint density at radius 2 is 2.30 bits per heavy atom. The SMILES string of the molecule is C#CCNC(=O)CSc1nc(C2CC2)nc(C)c1C#N. The van der Waals surface area contributed by atoms with Crippen LogP contribution in [0.2, 0.25) is 0 Å². The van der Waals surface area contributed by atoms with E-state index in [1.807, 2.05) is 0 Å². The number of nitriles is 1. The summed E-state index contributed by atoms with van der Waals surface area (Å²) in [5.74, 6) is 3.57. The summed E-state index contributed by atoms with van der Waals surface area (Å²) >= 11 is 1.25. The van der Waals surface area contributed by atoms with Gasteiger partial charge in [-0.25, -0.2) is 9.97 Å². The lowest BCUT2D eigenvalue weighted by atomic mass is 10.2. The third-order valence-corrected chi connectivity index (χ3v) is 3.83. The first-order chi connectivity index (χ1) is 9.65. The molecule has 0 unspecified atom stereocenters. The monoisotopic (exact) mass is 286 g/mol. The topological polar surface area (TPSA) is 78.7 Å². The first-order valence-electron chi connectivity index (χ1n) is 6.27. The number of aryl methyl sites for hydroxylation is 1. The highest BCUT2D eigenvalue weighted by molar-refractivity contribution is 8.00. The molecule has 0 saturated heterocycles. The fraction of sp³-hybridized carbons (Fsp3) is 0.429. The van der Waals surface area contributed by atoms with Crippen molar-refractivity contribution in [1.82, 2.24) is 15.3 Å². The number of nitrogens with zero attached hydrogens (tertiary/aromatic N) is 3. The molecule has 102 valence electrons. The molecule has 1 heterocycles. The number of amides is 1. The van der Waals surface area contributed by atoms with Crippen LogP contribution < -0.4 is 5.32 Å². The van der Waals surface area contributed by atoms with E-state index >= 15 is 0 Å². The Morgan fingerprint density at radius 1 is 1.55 bits per heavy atom. The molecule has 1 aliphatic rings. The van der Waals surface area contributed by atoms with Gasteiger partial charge in [0.25, 0.3) is 0 Å². The Hall–Kier alpha value is -2.05. The van der Waals surface area contributed by atoms with Crippen molar-refractivity contribution < 1.29 is 4.79 Å². The first-order valence-corrected chi connectivity index (χ1v) is 7.26. The van der Waals surface area contributed by atoms with Gasteiger partial charge in [0.1, 0.15) is 22.5 Å². The van der Waals surface area contributed by atoms with Gasteiger partial charge in [0, 0.05) is 5.92 Å². The van der Waals surface area contributed by atoms with Crippen molar-refractivity contribution in [2.24, 2.45) is 0 Å². The molecule has 1 aromatic heterocycles. The molecule has 5 nitrogen and oxygen atoms in total. The second-order valence-electron chi connectivity index (χ2n) is 4.50. The molecule has 0 spiro atoms. The van der Waals surface area contributed by atoms with Gasteiger partial charge in [-0.05, 0) is 19.8 Å². The summed E-state index contributed by atoms with van der Waals surface area (Å²) in [6, 6.07) is 2.11. The number of nitrogens with one attached hydrogen (secondary N) is 1. The van der Waals surface area contributed by atoms with Crippen molar-refractivity contribution >= 4 is 17.7 Å². The van der Waals surface area contributed by atoms with E-state index in [9.17, 15) is 10.1 Å². The molecule has 1 aliphatic carbocycles. The summed E-state index contributed by atoms with van der Waals surface area (Å²) in [4.78, 5) is 20.3. The fourth-order valence-electron chi connectivity index (χ4n) is 1.66. The van der Waals surface area contributed by atoms with Crippen LogP contribution in [-0.2, 0) is 4.79 Å². The van der Waals surface area contributed by atoms with E-state index < -0.39 is 0 Å². The van der Waals surface area contributed by atoms with E-state index in [4.69, 9.17) is 6.42 Å². The molecule has 0 bridgehead atoms. The first kappa shape index (κ1) is 14.4. The molecule has 1 fully saturated rings.